The van der Waals surface area contributed by atoms with Crippen molar-refractivity contribution < 1.29 is 14.3 Å². The van der Waals surface area contributed by atoms with Crippen molar-refractivity contribution >= 4 is 23.4 Å². The quantitative estimate of drug-likeness (QED) is 0.664. The van der Waals surface area contributed by atoms with Crippen molar-refractivity contribution in [2.24, 2.45) is 0 Å². The molecule has 1 heterocycles. The van der Waals surface area contributed by atoms with Gasteiger partial charge in [-0.15, -0.1) is 0 Å². The summed E-state index contributed by atoms with van der Waals surface area (Å²) in [7, 11) is 0. The topological polar surface area (TPSA) is 58.6 Å². The highest BCUT2D eigenvalue weighted by atomic mass is 35.5. The number of likely N-dealkylation sites (tertiary alicyclic amines) is 1. The summed E-state index contributed by atoms with van der Waals surface area (Å²) in [4.78, 5) is 25.7. The van der Waals surface area contributed by atoms with Gasteiger partial charge in [0.05, 0.1) is 6.61 Å². The Labute approximate surface area is 161 Å². The predicted molar refractivity (Wildman–Crippen MR) is 104 cm³/mol. The summed E-state index contributed by atoms with van der Waals surface area (Å²) in [5.41, 5.74) is 0.977. The number of hydrogen-bond donors (Lipinski definition) is 1. The number of rotatable bonds is 9. The molecule has 0 saturated carbocycles. The molecule has 2 amide bonds. The van der Waals surface area contributed by atoms with E-state index in [0.717, 1.165) is 55.1 Å². The molecule has 0 unspecified atom stereocenters. The van der Waals surface area contributed by atoms with Gasteiger partial charge >= 0.3 is 0 Å². The second-order valence-corrected chi connectivity index (χ2v) is 7.17. The standard InChI is InChI=1S/C20H29ClN2O3/c1-16-15-17(9-10-18(16)21)26-14-5-7-19(24)22-11-6-13-23-12-4-2-3-8-20(23)25/h9-10,15H,2-8,11-14H2,1H3,(H,22,24). The number of halogens is 1. The highest BCUT2D eigenvalue weighted by Gasteiger charge is 2.15. The molecule has 0 atom stereocenters. The summed E-state index contributed by atoms with van der Waals surface area (Å²) < 4.78 is 5.64. The lowest BCUT2D eigenvalue weighted by Gasteiger charge is -2.20. The van der Waals surface area contributed by atoms with Gasteiger partial charge < -0.3 is 15.0 Å². The van der Waals surface area contributed by atoms with Gasteiger partial charge in [-0.1, -0.05) is 18.0 Å². The van der Waals surface area contributed by atoms with Crippen molar-refractivity contribution in [2.45, 2.75) is 51.9 Å². The Kier molecular flexibility index (Phi) is 8.75. The Morgan fingerprint density at radius 3 is 2.92 bits per heavy atom. The molecular formula is C20H29ClN2O3. The molecule has 1 saturated heterocycles. The van der Waals surface area contributed by atoms with E-state index in [2.05, 4.69) is 5.32 Å². The minimum atomic E-state index is 0.0306. The van der Waals surface area contributed by atoms with Gasteiger partial charge in [0.1, 0.15) is 5.75 Å². The molecule has 5 nitrogen and oxygen atoms in total. The first kappa shape index (κ1) is 20.6. The molecule has 1 aliphatic rings. The molecule has 26 heavy (non-hydrogen) atoms. The van der Waals surface area contributed by atoms with E-state index < -0.39 is 0 Å². The number of aryl methyl sites for hydroxylation is 1. The molecule has 0 bridgehead atoms. The number of ether oxygens (including phenoxy) is 1. The lowest BCUT2D eigenvalue weighted by Crippen LogP contribution is -2.34. The molecular weight excluding hydrogens is 352 g/mol. The van der Waals surface area contributed by atoms with Crippen LogP contribution >= 0.6 is 11.6 Å². The summed E-state index contributed by atoms with van der Waals surface area (Å²) in [6.45, 7) is 4.63. The number of nitrogens with one attached hydrogen (secondary N) is 1. The van der Waals surface area contributed by atoms with Crippen molar-refractivity contribution in [1.29, 1.82) is 0 Å². The van der Waals surface area contributed by atoms with Gasteiger partial charge in [-0.2, -0.15) is 0 Å². The van der Waals surface area contributed by atoms with Gasteiger partial charge in [-0.25, -0.2) is 0 Å². The number of benzene rings is 1. The molecule has 0 radical (unpaired) electrons. The monoisotopic (exact) mass is 380 g/mol. The largest absolute Gasteiger partial charge is 0.494 e. The Balaban J connectivity index is 1.53. The lowest BCUT2D eigenvalue weighted by molar-refractivity contribution is -0.130. The molecule has 144 valence electrons. The fourth-order valence-corrected chi connectivity index (χ4v) is 3.11. The third-order valence-corrected chi connectivity index (χ3v) is 4.97. The summed E-state index contributed by atoms with van der Waals surface area (Å²) in [5.74, 6) is 1.06. The molecule has 1 aromatic carbocycles. The van der Waals surface area contributed by atoms with Crippen molar-refractivity contribution in [3.8, 4) is 5.75 Å². The zero-order valence-electron chi connectivity index (χ0n) is 15.6. The fourth-order valence-electron chi connectivity index (χ4n) is 2.99. The maximum atomic E-state index is 11.9. The minimum absolute atomic E-state index is 0.0306. The van der Waals surface area contributed by atoms with Crippen LogP contribution in [0.1, 0.15) is 50.5 Å². The van der Waals surface area contributed by atoms with E-state index in [-0.39, 0.29) is 11.8 Å². The predicted octanol–water partition coefficient (Wildman–Crippen LogP) is 3.72. The van der Waals surface area contributed by atoms with Gasteiger partial charge in [-0.3, -0.25) is 9.59 Å². The summed E-state index contributed by atoms with van der Waals surface area (Å²) in [6, 6.07) is 5.54. The Morgan fingerprint density at radius 1 is 1.27 bits per heavy atom. The minimum Gasteiger partial charge on any atom is -0.494 e. The SMILES string of the molecule is Cc1cc(OCCCC(=O)NCCCN2CCCCCC2=O)ccc1Cl. The lowest BCUT2D eigenvalue weighted by atomic mass is 10.2. The highest BCUT2D eigenvalue weighted by molar-refractivity contribution is 6.31. The number of nitrogens with zero attached hydrogens (tertiary/aromatic N) is 1. The van der Waals surface area contributed by atoms with E-state index in [1.165, 1.54) is 0 Å². The van der Waals surface area contributed by atoms with Crippen LogP contribution in [-0.2, 0) is 9.59 Å². The van der Waals surface area contributed by atoms with Crippen LogP contribution < -0.4 is 10.1 Å². The number of carbonyl (C=O) groups is 2. The van der Waals surface area contributed by atoms with Gasteiger partial charge in [0.25, 0.3) is 0 Å². The van der Waals surface area contributed by atoms with Crippen molar-refractivity contribution in [1.82, 2.24) is 10.2 Å². The summed E-state index contributed by atoms with van der Waals surface area (Å²) in [5, 5.41) is 3.64. The average Bonchev–Trinajstić information content (AvgIpc) is 2.83. The van der Waals surface area contributed by atoms with E-state index in [1.807, 2.05) is 30.0 Å². The average molecular weight is 381 g/mol. The van der Waals surface area contributed by atoms with E-state index >= 15 is 0 Å². The zero-order valence-corrected chi connectivity index (χ0v) is 16.3. The third kappa shape index (κ3) is 7.24. The van der Waals surface area contributed by atoms with E-state index in [1.54, 1.807) is 0 Å². The summed E-state index contributed by atoms with van der Waals surface area (Å²) >= 11 is 5.98. The molecule has 1 aromatic rings. The zero-order chi connectivity index (χ0) is 18.8. The van der Waals surface area contributed by atoms with Crippen LogP contribution in [0.15, 0.2) is 18.2 Å². The van der Waals surface area contributed by atoms with Crippen LogP contribution in [0.2, 0.25) is 5.02 Å². The fraction of sp³-hybridized carbons (Fsp3) is 0.600. The molecule has 1 aliphatic heterocycles. The first-order valence-electron chi connectivity index (χ1n) is 9.49. The van der Waals surface area contributed by atoms with Crippen LogP contribution in [0, 0.1) is 6.92 Å². The van der Waals surface area contributed by atoms with Crippen molar-refractivity contribution in [3.05, 3.63) is 28.8 Å². The van der Waals surface area contributed by atoms with Crippen LogP contribution in [-0.4, -0.2) is 43.0 Å². The molecule has 1 fully saturated rings. The van der Waals surface area contributed by atoms with Crippen LogP contribution in [0.3, 0.4) is 0 Å². The molecule has 0 spiro atoms. The maximum Gasteiger partial charge on any atom is 0.222 e. The molecule has 6 heteroatoms. The number of carbonyl (C=O) groups excluding carboxylic acids is 2. The van der Waals surface area contributed by atoms with Gasteiger partial charge in [-0.05, 0) is 56.4 Å². The van der Waals surface area contributed by atoms with Crippen LogP contribution in [0.5, 0.6) is 5.75 Å². The molecule has 0 aliphatic carbocycles. The van der Waals surface area contributed by atoms with Crippen LogP contribution in [0.25, 0.3) is 0 Å². The normalized spacial score (nSPS) is 14.8. The Bertz CT molecular complexity index is 607. The highest BCUT2D eigenvalue weighted by Crippen LogP contribution is 2.21. The Hall–Kier alpha value is -1.75. The smallest absolute Gasteiger partial charge is 0.222 e. The Morgan fingerprint density at radius 2 is 2.12 bits per heavy atom. The number of amides is 2. The van der Waals surface area contributed by atoms with Gasteiger partial charge in [0.2, 0.25) is 11.8 Å². The first-order valence-corrected chi connectivity index (χ1v) is 9.87. The molecule has 1 N–H and O–H groups in total. The second kappa shape index (κ2) is 11.1. The molecule has 0 aromatic heterocycles. The van der Waals surface area contributed by atoms with Crippen molar-refractivity contribution in [2.75, 3.05) is 26.2 Å². The summed E-state index contributed by atoms with van der Waals surface area (Å²) in [6.07, 6.45) is 5.80. The molecule has 2 rings (SSSR count). The number of hydrogen-bond acceptors (Lipinski definition) is 3. The van der Waals surface area contributed by atoms with E-state index in [4.69, 9.17) is 16.3 Å². The van der Waals surface area contributed by atoms with Gasteiger partial charge in [0.15, 0.2) is 0 Å². The maximum absolute atomic E-state index is 11.9. The second-order valence-electron chi connectivity index (χ2n) is 6.76. The van der Waals surface area contributed by atoms with E-state index in [9.17, 15) is 9.59 Å². The van der Waals surface area contributed by atoms with Crippen LogP contribution in [0.4, 0.5) is 0 Å². The van der Waals surface area contributed by atoms with Crippen molar-refractivity contribution in [3.63, 3.8) is 0 Å². The third-order valence-electron chi connectivity index (χ3n) is 4.54. The first-order chi connectivity index (χ1) is 12.6. The van der Waals surface area contributed by atoms with Gasteiger partial charge in [0, 0.05) is 37.5 Å². The van der Waals surface area contributed by atoms with E-state index in [0.29, 0.717) is 32.4 Å².